The molecule has 0 aliphatic heterocycles. The average Bonchev–Trinajstić information content (AvgIpc) is 2.30. The lowest BCUT2D eigenvalue weighted by Crippen LogP contribution is -2.00. The summed E-state index contributed by atoms with van der Waals surface area (Å²) in [4.78, 5) is 25.4. The molecule has 0 aliphatic rings. The summed E-state index contributed by atoms with van der Waals surface area (Å²) in [6, 6.07) is 1.65. The second kappa shape index (κ2) is 4.70. The number of anilines is 1. The zero-order chi connectivity index (χ0) is 12.3. The zero-order valence-corrected chi connectivity index (χ0v) is 9.16. The van der Waals surface area contributed by atoms with E-state index < -0.39 is 4.92 Å². The topological polar surface area (TPSA) is 121 Å². The van der Waals surface area contributed by atoms with Crippen LogP contribution in [0.4, 0.5) is 11.6 Å². The highest BCUT2D eigenvalue weighted by molar-refractivity contribution is 7.99. The Morgan fingerprint density at radius 1 is 1.29 bits per heavy atom. The van der Waals surface area contributed by atoms with E-state index in [4.69, 9.17) is 5.73 Å². The van der Waals surface area contributed by atoms with E-state index in [1.165, 1.54) is 12.4 Å². The van der Waals surface area contributed by atoms with Crippen LogP contribution in [-0.4, -0.2) is 24.9 Å². The molecular weight excluding hydrogens is 244 g/mol. The second-order valence-corrected chi connectivity index (χ2v) is 3.77. The van der Waals surface area contributed by atoms with Crippen molar-refractivity contribution in [2.75, 3.05) is 5.73 Å². The summed E-state index contributed by atoms with van der Waals surface area (Å²) in [5.74, 6) is -0.0333. The van der Waals surface area contributed by atoms with Crippen molar-refractivity contribution in [3.63, 3.8) is 0 Å². The lowest BCUT2D eigenvalue weighted by molar-refractivity contribution is -0.388. The molecule has 0 atom stereocenters. The molecule has 0 saturated heterocycles. The standard InChI is InChI=1S/C8H6N6O2S/c9-7-12-4-5(14(15)16)6(13-7)17-8-10-2-1-3-11-8/h1-4H,(H2,9,12,13). The Kier molecular flexibility index (Phi) is 3.10. The molecule has 2 N–H and O–H groups in total. The summed E-state index contributed by atoms with van der Waals surface area (Å²) in [5.41, 5.74) is 5.16. The third kappa shape index (κ3) is 2.64. The smallest absolute Gasteiger partial charge is 0.320 e. The molecule has 86 valence electrons. The summed E-state index contributed by atoms with van der Waals surface area (Å²) in [6.07, 6.45) is 4.13. The molecule has 0 aliphatic carbocycles. The summed E-state index contributed by atoms with van der Waals surface area (Å²) < 4.78 is 0. The van der Waals surface area contributed by atoms with E-state index >= 15 is 0 Å². The van der Waals surface area contributed by atoms with Crippen LogP contribution in [0.25, 0.3) is 0 Å². The van der Waals surface area contributed by atoms with Gasteiger partial charge in [-0.3, -0.25) is 10.1 Å². The van der Waals surface area contributed by atoms with E-state index in [1.54, 1.807) is 6.07 Å². The number of nitrogens with two attached hydrogens (primary N) is 1. The summed E-state index contributed by atoms with van der Waals surface area (Å²) in [5, 5.41) is 11.2. The molecular formula is C8H6N6O2S. The first-order chi connectivity index (χ1) is 8.16. The number of rotatable bonds is 3. The molecule has 2 rings (SSSR count). The average molecular weight is 250 g/mol. The van der Waals surface area contributed by atoms with Gasteiger partial charge in [-0.05, 0) is 17.8 Å². The monoisotopic (exact) mass is 250 g/mol. The third-order valence-electron chi connectivity index (χ3n) is 1.68. The van der Waals surface area contributed by atoms with E-state index in [0.717, 1.165) is 18.0 Å². The van der Waals surface area contributed by atoms with Gasteiger partial charge in [-0.2, -0.15) is 4.98 Å². The SMILES string of the molecule is Nc1ncc([N+](=O)[O-])c(Sc2ncccn2)n1. The Hall–Kier alpha value is -2.29. The molecule has 0 bridgehead atoms. The molecule has 0 radical (unpaired) electrons. The van der Waals surface area contributed by atoms with Gasteiger partial charge in [0.15, 0.2) is 10.2 Å². The van der Waals surface area contributed by atoms with Crippen molar-refractivity contribution in [2.24, 2.45) is 0 Å². The largest absolute Gasteiger partial charge is 0.368 e. The van der Waals surface area contributed by atoms with E-state index in [2.05, 4.69) is 19.9 Å². The highest BCUT2D eigenvalue weighted by Gasteiger charge is 2.18. The van der Waals surface area contributed by atoms with Crippen LogP contribution in [-0.2, 0) is 0 Å². The molecule has 2 aromatic heterocycles. The number of nitrogens with zero attached hydrogens (tertiary/aromatic N) is 5. The number of nitrogen functional groups attached to an aromatic ring is 1. The van der Waals surface area contributed by atoms with E-state index in [1.807, 2.05) is 0 Å². The van der Waals surface area contributed by atoms with Crippen molar-refractivity contribution in [3.05, 3.63) is 34.8 Å². The summed E-state index contributed by atoms with van der Waals surface area (Å²) >= 11 is 0.962. The Bertz CT molecular complexity index is 549. The van der Waals surface area contributed by atoms with Gasteiger partial charge in [0.2, 0.25) is 5.95 Å². The van der Waals surface area contributed by atoms with Gasteiger partial charge in [0.05, 0.1) is 4.92 Å². The molecule has 17 heavy (non-hydrogen) atoms. The zero-order valence-electron chi connectivity index (χ0n) is 8.35. The lowest BCUT2D eigenvalue weighted by atomic mass is 10.5. The number of aromatic nitrogens is 4. The highest BCUT2D eigenvalue weighted by Crippen LogP contribution is 2.30. The molecule has 8 nitrogen and oxygen atoms in total. The van der Waals surface area contributed by atoms with Gasteiger partial charge in [-0.25, -0.2) is 15.0 Å². The van der Waals surface area contributed by atoms with Crippen LogP contribution in [0.5, 0.6) is 0 Å². The van der Waals surface area contributed by atoms with Crippen molar-refractivity contribution in [3.8, 4) is 0 Å². The molecule has 2 aromatic rings. The van der Waals surface area contributed by atoms with E-state index in [-0.39, 0.29) is 16.7 Å². The Morgan fingerprint density at radius 2 is 2.00 bits per heavy atom. The van der Waals surface area contributed by atoms with Gasteiger partial charge in [0.1, 0.15) is 6.20 Å². The Balaban J connectivity index is 2.37. The Morgan fingerprint density at radius 3 is 2.65 bits per heavy atom. The predicted octanol–water partition coefficient (Wildman–Crippen LogP) is 0.908. The molecule has 0 amide bonds. The molecule has 0 saturated carbocycles. The molecule has 0 fully saturated rings. The van der Waals surface area contributed by atoms with Gasteiger partial charge in [0.25, 0.3) is 0 Å². The first-order valence-corrected chi connectivity index (χ1v) is 5.20. The molecule has 9 heteroatoms. The maximum absolute atomic E-state index is 10.8. The van der Waals surface area contributed by atoms with Crippen LogP contribution in [0.3, 0.4) is 0 Å². The van der Waals surface area contributed by atoms with Crippen molar-refractivity contribution < 1.29 is 4.92 Å². The highest BCUT2D eigenvalue weighted by atomic mass is 32.2. The van der Waals surface area contributed by atoms with Crippen molar-refractivity contribution in [1.29, 1.82) is 0 Å². The van der Waals surface area contributed by atoms with Crippen LogP contribution in [0, 0.1) is 10.1 Å². The van der Waals surface area contributed by atoms with Gasteiger partial charge < -0.3 is 5.73 Å². The normalized spacial score (nSPS) is 10.1. The van der Waals surface area contributed by atoms with Crippen molar-refractivity contribution >= 4 is 23.4 Å². The second-order valence-electron chi connectivity index (χ2n) is 2.81. The number of nitro groups is 1. The van der Waals surface area contributed by atoms with Crippen LogP contribution >= 0.6 is 11.8 Å². The van der Waals surface area contributed by atoms with Gasteiger partial charge >= 0.3 is 5.69 Å². The van der Waals surface area contributed by atoms with E-state index in [0.29, 0.717) is 5.16 Å². The summed E-state index contributed by atoms with van der Waals surface area (Å²) in [6.45, 7) is 0. The molecule has 0 aromatic carbocycles. The van der Waals surface area contributed by atoms with Crippen molar-refractivity contribution in [2.45, 2.75) is 10.2 Å². The van der Waals surface area contributed by atoms with Crippen LogP contribution in [0.2, 0.25) is 0 Å². The maximum atomic E-state index is 10.8. The fourth-order valence-corrected chi connectivity index (χ4v) is 1.77. The number of hydrogen-bond acceptors (Lipinski definition) is 8. The minimum Gasteiger partial charge on any atom is -0.368 e. The lowest BCUT2D eigenvalue weighted by Gasteiger charge is -2.00. The fraction of sp³-hybridized carbons (Fsp3) is 0. The van der Waals surface area contributed by atoms with Gasteiger partial charge in [-0.15, -0.1) is 0 Å². The minimum absolute atomic E-state index is 0.0333. The third-order valence-corrected chi connectivity index (χ3v) is 2.57. The van der Waals surface area contributed by atoms with E-state index in [9.17, 15) is 10.1 Å². The first-order valence-electron chi connectivity index (χ1n) is 4.38. The molecule has 0 unspecified atom stereocenters. The van der Waals surface area contributed by atoms with Gasteiger partial charge in [-0.1, -0.05) is 0 Å². The van der Waals surface area contributed by atoms with Crippen molar-refractivity contribution in [1.82, 2.24) is 19.9 Å². The molecule has 0 spiro atoms. The quantitative estimate of drug-likeness (QED) is 0.369. The minimum atomic E-state index is -0.579. The van der Waals surface area contributed by atoms with Crippen LogP contribution in [0.15, 0.2) is 34.8 Å². The van der Waals surface area contributed by atoms with Crippen LogP contribution in [0.1, 0.15) is 0 Å². The van der Waals surface area contributed by atoms with Crippen LogP contribution < -0.4 is 5.73 Å². The summed E-state index contributed by atoms with van der Waals surface area (Å²) in [7, 11) is 0. The van der Waals surface area contributed by atoms with Gasteiger partial charge in [0, 0.05) is 12.4 Å². The number of hydrogen-bond donors (Lipinski definition) is 1. The first kappa shape index (κ1) is 11.2. The Labute approximate surface area is 99.5 Å². The fourth-order valence-electron chi connectivity index (χ4n) is 0.998. The predicted molar refractivity (Wildman–Crippen MR) is 59.3 cm³/mol. The maximum Gasteiger partial charge on any atom is 0.320 e. The molecule has 2 heterocycles.